The van der Waals surface area contributed by atoms with Gasteiger partial charge in [-0.3, -0.25) is 0 Å². The average Bonchev–Trinajstić information content (AvgIpc) is 2.61. The maximum atomic E-state index is 11.3. The van der Waals surface area contributed by atoms with Gasteiger partial charge in [0.25, 0.3) is 0 Å². The van der Waals surface area contributed by atoms with Crippen molar-refractivity contribution in [2.45, 2.75) is 53.4 Å². The number of benzene rings is 1. The van der Waals surface area contributed by atoms with Gasteiger partial charge in [0.15, 0.2) is 0 Å². The Labute approximate surface area is 162 Å². The summed E-state index contributed by atoms with van der Waals surface area (Å²) in [5, 5.41) is 0.889. The van der Waals surface area contributed by atoms with E-state index in [1.54, 1.807) is 12.1 Å². The maximum absolute atomic E-state index is 11.3. The average molecular weight is 367 g/mol. The lowest BCUT2D eigenvalue weighted by molar-refractivity contribution is 0.361. The third-order valence-corrected chi connectivity index (χ3v) is 4.40. The van der Waals surface area contributed by atoms with Crippen molar-refractivity contribution in [3.05, 3.63) is 75.7 Å². The fourth-order valence-electron chi connectivity index (χ4n) is 2.75. The molecule has 0 amide bonds. The van der Waals surface area contributed by atoms with Crippen LogP contribution in [0.15, 0.2) is 74.5 Å². The summed E-state index contributed by atoms with van der Waals surface area (Å²) in [5.41, 5.74) is 4.36. The lowest BCUT2D eigenvalue weighted by Crippen LogP contribution is -1.97. The zero-order valence-corrected chi connectivity index (χ0v) is 16.9. The molecule has 0 fully saturated rings. The minimum atomic E-state index is -0.348. The first-order valence-electron chi connectivity index (χ1n) is 9.55. The molecule has 27 heavy (non-hydrogen) atoms. The van der Waals surface area contributed by atoms with Crippen molar-refractivity contribution in [3.63, 3.8) is 0 Å². The number of allylic oxidation sites excluding steroid dienone is 5. The van der Waals surface area contributed by atoms with Crippen LogP contribution in [0.1, 0.15) is 53.4 Å². The smallest absolute Gasteiger partial charge is 0.336 e. The summed E-state index contributed by atoms with van der Waals surface area (Å²) in [6, 6.07) is 8.73. The van der Waals surface area contributed by atoms with Gasteiger partial charge < -0.3 is 9.15 Å². The first-order valence-corrected chi connectivity index (χ1v) is 9.55. The Morgan fingerprint density at radius 3 is 2.33 bits per heavy atom. The Hall–Kier alpha value is -2.55. The molecule has 0 aliphatic heterocycles. The van der Waals surface area contributed by atoms with Crippen molar-refractivity contribution in [2.24, 2.45) is 0 Å². The molecule has 0 spiro atoms. The van der Waals surface area contributed by atoms with Crippen LogP contribution in [0.25, 0.3) is 11.0 Å². The van der Waals surface area contributed by atoms with Gasteiger partial charge in [-0.05, 0) is 77.7 Å². The Kier molecular flexibility index (Phi) is 8.12. The predicted octanol–water partition coefficient (Wildman–Crippen LogP) is 6.59. The first-order chi connectivity index (χ1) is 12.9. The number of hydrogen-bond donors (Lipinski definition) is 0. The molecule has 0 aliphatic carbocycles. The summed E-state index contributed by atoms with van der Waals surface area (Å²) in [5.74, 6) is 0.705. The summed E-state index contributed by atoms with van der Waals surface area (Å²) in [6.07, 6.45) is 11.1. The molecule has 0 N–H and O–H groups in total. The van der Waals surface area contributed by atoms with E-state index < -0.39 is 0 Å². The molecule has 0 aliphatic rings. The molecule has 1 aromatic carbocycles. The molecule has 1 aromatic heterocycles. The fourth-order valence-corrected chi connectivity index (χ4v) is 2.75. The van der Waals surface area contributed by atoms with Gasteiger partial charge in [-0.2, -0.15) is 0 Å². The van der Waals surface area contributed by atoms with E-state index in [1.165, 1.54) is 22.8 Å². The molecular weight excluding hydrogens is 336 g/mol. The molecule has 3 nitrogen and oxygen atoms in total. The second kappa shape index (κ2) is 10.6. The molecule has 144 valence electrons. The van der Waals surface area contributed by atoms with Crippen molar-refractivity contribution in [1.29, 1.82) is 0 Å². The third kappa shape index (κ3) is 7.69. The van der Waals surface area contributed by atoms with Gasteiger partial charge in [0.2, 0.25) is 0 Å². The number of rotatable bonds is 9. The SMILES string of the molecule is CC(C)=CCC/C(C)=C\CC/C(C)=C/COc1ccc2ccc(=O)oc2c1. The molecule has 0 bridgehead atoms. The van der Waals surface area contributed by atoms with Gasteiger partial charge in [-0.25, -0.2) is 4.79 Å². The van der Waals surface area contributed by atoms with E-state index in [1.807, 2.05) is 12.1 Å². The molecule has 0 atom stereocenters. The van der Waals surface area contributed by atoms with Crippen LogP contribution < -0.4 is 10.4 Å². The first kappa shape index (κ1) is 20.8. The summed E-state index contributed by atoms with van der Waals surface area (Å²) in [4.78, 5) is 11.3. The van der Waals surface area contributed by atoms with E-state index in [0.717, 1.165) is 31.1 Å². The topological polar surface area (TPSA) is 39.4 Å². The van der Waals surface area contributed by atoms with Crippen LogP contribution >= 0.6 is 0 Å². The predicted molar refractivity (Wildman–Crippen MR) is 113 cm³/mol. The van der Waals surface area contributed by atoms with E-state index in [2.05, 4.69) is 45.9 Å². The quantitative estimate of drug-likeness (QED) is 0.371. The van der Waals surface area contributed by atoms with Crippen LogP contribution in [-0.4, -0.2) is 6.61 Å². The molecule has 3 heteroatoms. The highest BCUT2D eigenvalue weighted by Gasteiger charge is 2.00. The second-order valence-corrected chi connectivity index (χ2v) is 7.22. The summed E-state index contributed by atoms with van der Waals surface area (Å²) in [7, 11) is 0. The number of ether oxygens (including phenoxy) is 1. The van der Waals surface area contributed by atoms with Crippen LogP contribution in [-0.2, 0) is 0 Å². The van der Waals surface area contributed by atoms with Crippen LogP contribution in [0, 0.1) is 0 Å². The molecule has 2 aromatic rings. The number of fused-ring (bicyclic) bond motifs is 1. The Bertz CT molecular complexity index is 893. The third-order valence-electron chi connectivity index (χ3n) is 4.40. The van der Waals surface area contributed by atoms with Gasteiger partial charge in [-0.1, -0.05) is 28.9 Å². The van der Waals surface area contributed by atoms with Crippen LogP contribution in [0.4, 0.5) is 0 Å². The lowest BCUT2D eigenvalue weighted by Gasteiger charge is -2.05. The Balaban J connectivity index is 1.78. The summed E-state index contributed by atoms with van der Waals surface area (Å²) in [6.45, 7) is 9.14. The van der Waals surface area contributed by atoms with E-state index >= 15 is 0 Å². The van der Waals surface area contributed by atoms with Crippen molar-refractivity contribution in [1.82, 2.24) is 0 Å². The van der Waals surface area contributed by atoms with Crippen LogP contribution in [0.2, 0.25) is 0 Å². The fraction of sp³-hybridized carbons (Fsp3) is 0.375. The standard InChI is InChI=1S/C24H30O3/c1-18(2)7-5-8-19(3)9-6-10-20(4)15-16-26-22-13-11-21-12-14-24(25)27-23(21)17-22/h7,9,11-15,17H,5-6,8,10,16H2,1-4H3/b19-9-,20-15+. The lowest BCUT2D eigenvalue weighted by atomic mass is 10.1. The largest absolute Gasteiger partial charge is 0.489 e. The monoisotopic (exact) mass is 366 g/mol. The summed E-state index contributed by atoms with van der Waals surface area (Å²) >= 11 is 0. The van der Waals surface area contributed by atoms with Crippen molar-refractivity contribution < 1.29 is 9.15 Å². The minimum absolute atomic E-state index is 0.348. The summed E-state index contributed by atoms with van der Waals surface area (Å²) < 4.78 is 11.0. The maximum Gasteiger partial charge on any atom is 0.336 e. The van der Waals surface area contributed by atoms with Crippen molar-refractivity contribution >= 4 is 11.0 Å². The van der Waals surface area contributed by atoms with Crippen molar-refractivity contribution in [2.75, 3.05) is 6.61 Å². The normalized spacial score (nSPS) is 12.3. The van der Waals surface area contributed by atoms with Gasteiger partial charge in [0.1, 0.15) is 17.9 Å². The zero-order chi connectivity index (χ0) is 19.6. The molecule has 0 radical (unpaired) electrons. The van der Waals surface area contributed by atoms with Gasteiger partial charge >= 0.3 is 5.63 Å². The van der Waals surface area contributed by atoms with Crippen LogP contribution in [0.3, 0.4) is 0 Å². The molecule has 0 saturated carbocycles. The van der Waals surface area contributed by atoms with E-state index in [0.29, 0.717) is 17.9 Å². The second-order valence-electron chi connectivity index (χ2n) is 7.22. The Morgan fingerprint density at radius 1 is 0.926 bits per heavy atom. The number of hydrogen-bond acceptors (Lipinski definition) is 3. The van der Waals surface area contributed by atoms with Gasteiger partial charge in [-0.15, -0.1) is 0 Å². The Morgan fingerprint density at radius 2 is 1.59 bits per heavy atom. The van der Waals surface area contributed by atoms with E-state index in [4.69, 9.17) is 9.15 Å². The highest BCUT2D eigenvalue weighted by Crippen LogP contribution is 2.19. The zero-order valence-electron chi connectivity index (χ0n) is 16.9. The molecular formula is C24H30O3. The molecule has 1 heterocycles. The van der Waals surface area contributed by atoms with E-state index in [9.17, 15) is 4.79 Å². The van der Waals surface area contributed by atoms with Gasteiger partial charge in [0, 0.05) is 17.5 Å². The van der Waals surface area contributed by atoms with Crippen molar-refractivity contribution in [3.8, 4) is 5.75 Å². The molecule has 2 rings (SSSR count). The highest BCUT2D eigenvalue weighted by molar-refractivity contribution is 5.77. The highest BCUT2D eigenvalue weighted by atomic mass is 16.5. The molecule has 0 saturated heterocycles. The van der Waals surface area contributed by atoms with Gasteiger partial charge in [0.05, 0.1) is 0 Å². The molecule has 0 unspecified atom stereocenters. The van der Waals surface area contributed by atoms with E-state index in [-0.39, 0.29) is 5.63 Å². The van der Waals surface area contributed by atoms with Crippen LogP contribution in [0.5, 0.6) is 5.75 Å². The minimum Gasteiger partial charge on any atom is -0.489 e.